The highest BCUT2D eigenvalue weighted by atomic mass is 16.5. The lowest BCUT2D eigenvalue weighted by atomic mass is 10.1. The van der Waals surface area contributed by atoms with E-state index in [-0.39, 0.29) is 19.4 Å². The van der Waals surface area contributed by atoms with Gasteiger partial charge in [-0.05, 0) is 24.1 Å². The molecule has 6 heteroatoms. The molecule has 2 rings (SSSR count). The molecule has 2 amide bonds. The molecule has 0 spiro atoms. The molecule has 0 aliphatic rings. The molecule has 0 unspecified atom stereocenters. The lowest BCUT2D eigenvalue weighted by Crippen LogP contribution is -2.35. The first-order valence-electron chi connectivity index (χ1n) is 8.25. The van der Waals surface area contributed by atoms with Crippen molar-refractivity contribution in [2.75, 3.05) is 13.2 Å². The van der Waals surface area contributed by atoms with E-state index in [1.165, 1.54) is 0 Å². The van der Waals surface area contributed by atoms with Crippen LogP contribution in [0.15, 0.2) is 54.6 Å². The Labute approximate surface area is 152 Å². The third kappa shape index (κ3) is 6.76. The van der Waals surface area contributed by atoms with Gasteiger partial charge in [0.2, 0.25) is 5.91 Å². The molecule has 26 heavy (non-hydrogen) atoms. The summed E-state index contributed by atoms with van der Waals surface area (Å²) in [5.74, 6) is -0.965. The first-order chi connectivity index (χ1) is 12.5. The van der Waals surface area contributed by atoms with E-state index in [9.17, 15) is 14.4 Å². The smallest absolute Gasteiger partial charge is 0.309 e. The summed E-state index contributed by atoms with van der Waals surface area (Å²) in [6, 6.07) is 16.5. The Morgan fingerprint density at radius 3 is 2.35 bits per heavy atom. The van der Waals surface area contributed by atoms with Crippen LogP contribution < -0.4 is 10.1 Å². The SMILES string of the molecule is Cc1ccccc1OCCC(=O)OCC(=O)NC(=O)Cc1ccccc1. The Morgan fingerprint density at radius 1 is 0.923 bits per heavy atom. The molecule has 0 fully saturated rings. The van der Waals surface area contributed by atoms with Crippen LogP contribution in [0.3, 0.4) is 0 Å². The van der Waals surface area contributed by atoms with E-state index < -0.39 is 24.4 Å². The Hall–Kier alpha value is -3.15. The molecule has 0 heterocycles. The van der Waals surface area contributed by atoms with Crippen LogP contribution in [0.2, 0.25) is 0 Å². The first kappa shape index (κ1) is 19.2. The minimum Gasteiger partial charge on any atom is -0.493 e. The average Bonchev–Trinajstić information content (AvgIpc) is 2.62. The molecule has 0 aliphatic heterocycles. The van der Waals surface area contributed by atoms with Gasteiger partial charge < -0.3 is 9.47 Å². The average molecular weight is 355 g/mol. The molecule has 0 saturated carbocycles. The van der Waals surface area contributed by atoms with Crippen molar-refractivity contribution in [2.45, 2.75) is 19.8 Å². The fourth-order valence-electron chi connectivity index (χ4n) is 2.20. The van der Waals surface area contributed by atoms with Crippen LogP contribution in [0.25, 0.3) is 0 Å². The van der Waals surface area contributed by atoms with Crippen molar-refractivity contribution < 1.29 is 23.9 Å². The lowest BCUT2D eigenvalue weighted by molar-refractivity contribution is -0.150. The number of ether oxygens (including phenoxy) is 2. The highest BCUT2D eigenvalue weighted by Crippen LogP contribution is 2.16. The van der Waals surface area contributed by atoms with Crippen molar-refractivity contribution in [3.63, 3.8) is 0 Å². The number of hydrogen-bond acceptors (Lipinski definition) is 5. The van der Waals surface area contributed by atoms with Crippen molar-refractivity contribution >= 4 is 17.8 Å². The predicted molar refractivity (Wildman–Crippen MR) is 95.5 cm³/mol. The van der Waals surface area contributed by atoms with Gasteiger partial charge in [-0.1, -0.05) is 48.5 Å². The summed E-state index contributed by atoms with van der Waals surface area (Å²) in [5.41, 5.74) is 1.76. The summed E-state index contributed by atoms with van der Waals surface area (Å²) < 4.78 is 10.3. The summed E-state index contributed by atoms with van der Waals surface area (Å²) in [4.78, 5) is 35.0. The number of nitrogens with one attached hydrogen (secondary N) is 1. The Kier molecular flexibility index (Phi) is 7.36. The van der Waals surface area contributed by atoms with Crippen molar-refractivity contribution in [1.29, 1.82) is 0 Å². The van der Waals surface area contributed by atoms with Crippen LogP contribution in [0.4, 0.5) is 0 Å². The van der Waals surface area contributed by atoms with Gasteiger partial charge in [0.1, 0.15) is 5.75 Å². The van der Waals surface area contributed by atoms with Crippen molar-refractivity contribution in [3.8, 4) is 5.75 Å². The van der Waals surface area contributed by atoms with Crippen molar-refractivity contribution in [2.24, 2.45) is 0 Å². The largest absolute Gasteiger partial charge is 0.493 e. The van der Waals surface area contributed by atoms with Crippen LogP contribution in [0.5, 0.6) is 5.75 Å². The molecule has 1 N–H and O–H groups in total. The van der Waals surface area contributed by atoms with Gasteiger partial charge in [0, 0.05) is 0 Å². The molecule has 2 aromatic carbocycles. The summed E-state index contributed by atoms with van der Waals surface area (Å²) in [5, 5.41) is 2.19. The topological polar surface area (TPSA) is 81.7 Å². The van der Waals surface area contributed by atoms with Gasteiger partial charge in [-0.25, -0.2) is 0 Å². The first-order valence-corrected chi connectivity index (χ1v) is 8.25. The van der Waals surface area contributed by atoms with Crippen molar-refractivity contribution in [1.82, 2.24) is 5.32 Å². The van der Waals surface area contributed by atoms with Gasteiger partial charge in [0.15, 0.2) is 6.61 Å². The van der Waals surface area contributed by atoms with Gasteiger partial charge in [0.25, 0.3) is 5.91 Å². The predicted octanol–water partition coefficient (Wildman–Crippen LogP) is 2.19. The maximum absolute atomic E-state index is 11.7. The van der Waals surface area contributed by atoms with Gasteiger partial charge in [-0.3, -0.25) is 19.7 Å². The monoisotopic (exact) mass is 355 g/mol. The molecule has 136 valence electrons. The van der Waals surface area contributed by atoms with E-state index in [0.717, 1.165) is 11.1 Å². The van der Waals surface area contributed by atoms with E-state index in [2.05, 4.69) is 5.32 Å². The number of para-hydroxylation sites is 1. The number of aryl methyl sites for hydroxylation is 1. The quantitative estimate of drug-likeness (QED) is 0.734. The summed E-state index contributed by atoms with van der Waals surface area (Å²) >= 11 is 0. The van der Waals surface area contributed by atoms with Gasteiger partial charge >= 0.3 is 5.97 Å². The van der Waals surface area contributed by atoms with E-state index >= 15 is 0 Å². The Bertz CT molecular complexity index is 758. The minimum atomic E-state index is -0.654. The number of carbonyl (C=O) groups excluding carboxylic acids is 3. The van der Waals surface area contributed by atoms with Crippen LogP contribution in [0, 0.1) is 6.92 Å². The number of esters is 1. The molecule has 0 bridgehead atoms. The minimum absolute atomic E-state index is 0.0135. The standard InChI is InChI=1S/C20H21NO5/c1-15-7-5-6-10-17(15)25-12-11-20(24)26-14-19(23)21-18(22)13-16-8-3-2-4-9-16/h2-10H,11-14H2,1H3,(H,21,22,23). The summed E-state index contributed by atoms with van der Waals surface area (Å²) in [6.07, 6.45) is 0.102. The third-order valence-corrected chi connectivity index (χ3v) is 3.51. The zero-order chi connectivity index (χ0) is 18.8. The highest BCUT2D eigenvalue weighted by molar-refractivity contribution is 5.97. The van der Waals surface area contributed by atoms with Gasteiger partial charge in [0.05, 0.1) is 19.4 Å². The number of rotatable bonds is 8. The maximum atomic E-state index is 11.7. The molecule has 0 aromatic heterocycles. The van der Waals surface area contributed by atoms with Crippen LogP contribution >= 0.6 is 0 Å². The second-order valence-corrected chi connectivity index (χ2v) is 5.66. The van der Waals surface area contributed by atoms with E-state index in [1.807, 2.05) is 49.4 Å². The number of carbonyl (C=O) groups is 3. The van der Waals surface area contributed by atoms with E-state index in [0.29, 0.717) is 5.75 Å². The molecule has 0 saturated heterocycles. The number of amides is 2. The fraction of sp³-hybridized carbons (Fsp3) is 0.250. The zero-order valence-electron chi connectivity index (χ0n) is 14.6. The molecule has 0 atom stereocenters. The lowest BCUT2D eigenvalue weighted by Gasteiger charge is -2.09. The summed E-state index contributed by atoms with van der Waals surface area (Å²) in [6.45, 7) is 1.56. The molecule has 0 radical (unpaired) electrons. The van der Waals surface area contributed by atoms with Crippen molar-refractivity contribution in [3.05, 3.63) is 65.7 Å². The highest BCUT2D eigenvalue weighted by Gasteiger charge is 2.12. The number of imide groups is 1. The van der Waals surface area contributed by atoms with Gasteiger partial charge in [-0.15, -0.1) is 0 Å². The fourth-order valence-corrected chi connectivity index (χ4v) is 2.20. The Balaban J connectivity index is 1.63. The van der Waals surface area contributed by atoms with E-state index in [4.69, 9.17) is 9.47 Å². The van der Waals surface area contributed by atoms with Crippen LogP contribution in [-0.4, -0.2) is 31.0 Å². The molecule has 6 nitrogen and oxygen atoms in total. The van der Waals surface area contributed by atoms with Crippen LogP contribution in [-0.2, 0) is 25.5 Å². The summed E-state index contributed by atoms with van der Waals surface area (Å²) in [7, 11) is 0. The van der Waals surface area contributed by atoms with E-state index in [1.54, 1.807) is 12.1 Å². The Morgan fingerprint density at radius 2 is 1.62 bits per heavy atom. The second kappa shape index (κ2) is 9.98. The molecule has 0 aliphatic carbocycles. The van der Waals surface area contributed by atoms with Gasteiger partial charge in [-0.2, -0.15) is 0 Å². The molecular formula is C20H21NO5. The van der Waals surface area contributed by atoms with Crippen LogP contribution in [0.1, 0.15) is 17.5 Å². The molecular weight excluding hydrogens is 334 g/mol. The number of benzene rings is 2. The molecule has 2 aromatic rings. The second-order valence-electron chi connectivity index (χ2n) is 5.66. The number of hydrogen-bond donors (Lipinski definition) is 1. The normalized spacial score (nSPS) is 10.0. The zero-order valence-corrected chi connectivity index (χ0v) is 14.6. The maximum Gasteiger partial charge on any atom is 0.309 e. The third-order valence-electron chi connectivity index (χ3n) is 3.51.